The van der Waals surface area contributed by atoms with Gasteiger partial charge < -0.3 is 10.1 Å². The highest BCUT2D eigenvalue weighted by molar-refractivity contribution is 5.93. The van der Waals surface area contributed by atoms with Crippen LogP contribution in [0.25, 0.3) is 0 Å². The maximum absolute atomic E-state index is 14.4. The summed E-state index contributed by atoms with van der Waals surface area (Å²) in [5, 5.41) is 2.37. The van der Waals surface area contributed by atoms with Gasteiger partial charge in [0.1, 0.15) is 11.4 Å². The Kier molecular flexibility index (Phi) is 9.08. The molecule has 8 heteroatoms. The Morgan fingerprint density at radius 1 is 1.21 bits per heavy atom. The van der Waals surface area contributed by atoms with Crippen molar-refractivity contribution in [2.75, 3.05) is 5.32 Å². The van der Waals surface area contributed by atoms with Gasteiger partial charge in [0.25, 0.3) is 0 Å². The van der Waals surface area contributed by atoms with Crippen molar-refractivity contribution < 1.29 is 31.9 Å². The van der Waals surface area contributed by atoms with Crippen molar-refractivity contribution in [2.45, 2.75) is 72.1 Å². The van der Waals surface area contributed by atoms with Gasteiger partial charge in [-0.15, -0.1) is 0 Å². The van der Waals surface area contributed by atoms with E-state index < -0.39 is 47.2 Å². The number of aryl methyl sites for hydroxylation is 1. The lowest BCUT2D eigenvalue weighted by Gasteiger charge is -2.31. The number of esters is 1. The normalized spacial score (nSPS) is 18.1. The van der Waals surface area contributed by atoms with Crippen LogP contribution in [0.5, 0.6) is 0 Å². The summed E-state index contributed by atoms with van der Waals surface area (Å²) in [7, 11) is 0. The summed E-state index contributed by atoms with van der Waals surface area (Å²) in [4.78, 5) is 25.0. The van der Waals surface area contributed by atoms with E-state index >= 15 is 0 Å². The summed E-state index contributed by atoms with van der Waals surface area (Å²) in [5.41, 5.74) is 0.703. The number of ether oxygens (including phenoxy) is 1. The molecular formula is C26H33F4NO3. The molecule has 3 atom stereocenters. The molecule has 4 nitrogen and oxygen atoms in total. The quantitative estimate of drug-likeness (QED) is 0.328. The van der Waals surface area contributed by atoms with Crippen LogP contribution in [0.3, 0.4) is 0 Å². The average molecular weight is 484 g/mol. The van der Waals surface area contributed by atoms with Crippen LogP contribution in [0.1, 0.15) is 59.4 Å². The van der Waals surface area contributed by atoms with Crippen molar-refractivity contribution in [1.82, 2.24) is 0 Å². The molecule has 1 aromatic rings. The number of anilines is 1. The molecule has 1 aromatic carbocycles. The van der Waals surface area contributed by atoms with Crippen molar-refractivity contribution in [1.29, 1.82) is 0 Å². The number of benzene rings is 1. The standard InChI is InChI=1S/C26H33F4NO3/c1-6-17-7-11-19(12-8-17)23(16(2)26(28,29)30)24(33)31-21-15-18(9-13-20(21)27)10-14-22(32)34-25(3,4)5/h7-9,11,13,15-16,19,23H,6,10,12,14H2,1-5H3,(H,31,33)/t16?,19?,23-/m0/s1. The molecule has 2 unspecified atom stereocenters. The van der Waals surface area contributed by atoms with Crippen LogP contribution in [0.4, 0.5) is 23.2 Å². The summed E-state index contributed by atoms with van der Waals surface area (Å²) in [6.07, 6.45) is 1.96. The molecule has 1 N–H and O–H groups in total. The van der Waals surface area contributed by atoms with Crippen LogP contribution in [0.15, 0.2) is 42.0 Å². The van der Waals surface area contributed by atoms with E-state index in [2.05, 4.69) is 5.32 Å². The number of hydrogen-bond donors (Lipinski definition) is 1. The second-order valence-corrected chi connectivity index (χ2v) is 9.64. The number of halogens is 4. The number of rotatable bonds is 8. The topological polar surface area (TPSA) is 55.4 Å². The second kappa shape index (κ2) is 11.2. The first-order valence-electron chi connectivity index (χ1n) is 11.5. The van der Waals surface area contributed by atoms with Crippen molar-refractivity contribution in [3.63, 3.8) is 0 Å². The van der Waals surface area contributed by atoms with Crippen molar-refractivity contribution >= 4 is 17.6 Å². The van der Waals surface area contributed by atoms with Crippen LogP contribution in [0.2, 0.25) is 0 Å². The van der Waals surface area contributed by atoms with Gasteiger partial charge in [-0.25, -0.2) is 4.39 Å². The van der Waals surface area contributed by atoms with Gasteiger partial charge in [-0.05, 0) is 63.6 Å². The van der Waals surface area contributed by atoms with Gasteiger partial charge in [-0.2, -0.15) is 13.2 Å². The molecule has 1 aliphatic rings. The molecule has 0 radical (unpaired) electrons. The number of carbonyl (C=O) groups excluding carboxylic acids is 2. The first-order valence-corrected chi connectivity index (χ1v) is 11.5. The van der Waals surface area contributed by atoms with E-state index in [0.717, 1.165) is 25.0 Å². The monoisotopic (exact) mass is 483 g/mol. The van der Waals surface area contributed by atoms with E-state index in [1.165, 1.54) is 12.1 Å². The van der Waals surface area contributed by atoms with Gasteiger partial charge in [-0.1, -0.05) is 43.7 Å². The second-order valence-electron chi connectivity index (χ2n) is 9.64. The molecule has 0 spiro atoms. The molecule has 1 aliphatic carbocycles. The fourth-order valence-electron chi connectivity index (χ4n) is 3.88. The van der Waals surface area contributed by atoms with Crippen molar-refractivity contribution in [3.8, 4) is 0 Å². The van der Waals surface area contributed by atoms with E-state index in [0.29, 0.717) is 12.0 Å². The molecule has 188 valence electrons. The highest BCUT2D eigenvalue weighted by Crippen LogP contribution is 2.39. The lowest BCUT2D eigenvalue weighted by atomic mass is 9.77. The van der Waals surface area contributed by atoms with Crippen LogP contribution < -0.4 is 5.32 Å². The van der Waals surface area contributed by atoms with E-state index in [1.807, 2.05) is 13.0 Å². The van der Waals surface area contributed by atoms with Gasteiger partial charge in [-0.3, -0.25) is 9.59 Å². The zero-order valence-corrected chi connectivity index (χ0v) is 20.3. The summed E-state index contributed by atoms with van der Waals surface area (Å²) in [6.45, 7) is 8.15. The SMILES string of the molecule is CCC1=CCC([C@@H](C(=O)Nc2cc(CCC(=O)OC(C)(C)C)ccc2F)C(C)C(F)(F)F)C=C1. The molecule has 0 saturated heterocycles. The number of nitrogens with one attached hydrogen (secondary N) is 1. The molecule has 0 saturated carbocycles. The first kappa shape index (κ1) is 27.6. The first-order chi connectivity index (χ1) is 15.7. The Morgan fingerprint density at radius 2 is 1.88 bits per heavy atom. The number of alkyl halides is 3. The summed E-state index contributed by atoms with van der Waals surface area (Å²) < 4.78 is 60.5. The molecule has 34 heavy (non-hydrogen) atoms. The van der Waals surface area contributed by atoms with Gasteiger partial charge in [0.2, 0.25) is 5.91 Å². The minimum atomic E-state index is -4.58. The molecule has 0 fully saturated rings. The third-order valence-electron chi connectivity index (χ3n) is 5.76. The van der Waals surface area contributed by atoms with Gasteiger partial charge in [0.05, 0.1) is 17.5 Å². The zero-order chi connectivity index (χ0) is 25.7. The molecule has 2 rings (SSSR count). The smallest absolute Gasteiger partial charge is 0.392 e. The van der Waals surface area contributed by atoms with E-state index in [-0.39, 0.29) is 18.5 Å². The van der Waals surface area contributed by atoms with E-state index in [9.17, 15) is 27.2 Å². The summed E-state index contributed by atoms with van der Waals surface area (Å²) >= 11 is 0. The lowest BCUT2D eigenvalue weighted by molar-refractivity contribution is -0.188. The van der Waals surface area contributed by atoms with Crippen LogP contribution in [0, 0.1) is 23.6 Å². The third kappa shape index (κ3) is 7.99. The summed E-state index contributed by atoms with van der Waals surface area (Å²) in [5.74, 6) is -6.08. The van der Waals surface area contributed by atoms with E-state index in [4.69, 9.17) is 4.74 Å². The average Bonchev–Trinajstić information content (AvgIpc) is 2.73. The molecule has 0 aromatic heterocycles. The minimum absolute atomic E-state index is 0.0446. The molecule has 1 amide bonds. The van der Waals surface area contributed by atoms with Crippen LogP contribution in [-0.4, -0.2) is 23.7 Å². The Morgan fingerprint density at radius 3 is 2.41 bits per heavy atom. The Bertz CT molecular complexity index is 944. The van der Waals surface area contributed by atoms with Crippen molar-refractivity contribution in [2.24, 2.45) is 17.8 Å². The Hall–Kier alpha value is -2.64. The zero-order valence-electron chi connectivity index (χ0n) is 20.3. The largest absolute Gasteiger partial charge is 0.460 e. The number of amides is 1. The Labute approximate surface area is 198 Å². The molecular weight excluding hydrogens is 450 g/mol. The van der Waals surface area contributed by atoms with Crippen LogP contribution in [-0.2, 0) is 20.7 Å². The fourth-order valence-corrected chi connectivity index (χ4v) is 3.88. The maximum atomic E-state index is 14.4. The van der Waals surface area contributed by atoms with E-state index in [1.54, 1.807) is 32.9 Å². The van der Waals surface area contributed by atoms with Gasteiger partial charge in [0, 0.05) is 6.42 Å². The number of hydrogen-bond acceptors (Lipinski definition) is 3. The molecule has 0 heterocycles. The number of carbonyl (C=O) groups is 2. The predicted octanol–water partition coefficient (Wildman–Crippen LogP) is 6.77. The Balaban J connectivity index is 2.19. The van der Waals surface area contributed by atoms with Gasteiger partial charge >= 0.3 is 12.1 Å². The third-order valence-corrected chi connectivity index (χ3v) is 5.76. The number of allylic oxidation sites excluding steroid dienone is 4. The maximum Gasteiger partial charge on any atom is 0.392 e. The summed E-state index contributed by atoms with van der Waals surface area (Å²) in [6, 6.07) is 3.93. The highest BCUT2D eigenvalue weighted by Gasteiger charge is 2.47. The molecule has 0 aliphatic heterocycles. The van der Waals surface area contributed by atoms with Gasteiger partial charge in [0.15, 0.2) is 0 Å². The predicted molar refractivity (Wildman–Crippen MR) is 124 cm³/mol. The minimum Gasteiger partial charge on any atom is -0.460 e. The highest BCUT2D eigenvalue weighted by atomic mass is 19.4. The molecule has 0 bridgehead atoms. The lowest BCUT2D eigenvalue weighted by Crippen LogP contribution is -2.40. The van der Waals surface area contributed by atoms with Crippen molar-refractivity contribution in [3.05, 3.63) is 53.4 Å². The fraction of sp³-hybridized carbons (Fsp3) is 0.538. The van der Waals surface area contributed by atoms with Crippen LogP contribution >= 0.6 is 0 Å².